The molecule has 0 N–H and O–H groups in total. The number of rotatable bonds is 7. The van der Waals surface area contributed by atoms with Crippen molar-refractivity contribution in [1.82, 2.24) is 0 Å². The van der Waals surface area contributed by atoms with Gasteiger partial charge in [-0.2, -0.15) is 0 Å². The molecule has 0 spiro atoms. The summed E-state index contributed by atoms with van der Waals surface area (Å²) in [6.45, 7) is 4.28. The number of aryl methyl sites for hydroxylation is 2. The van der Waals surface area contributed by atoms with Crippen molar-refractivity contribution in [3.05, 3.63) is 253 Å². The van der Waals surface area contributed by atoms with Crippen LogP contribution in [0.15, 0.2) is 241 Å². The van der Waals surface area contributed by atoms with Gasteiger partial charge in [0.05, 0.1) is 28.1 Å². The van der Waals surface area contributed by atoms with E-state index in [0.29, 0.717) is 0 Å². The average Bonchev–Trinajstić information content (AvgIpc) is 4.25. The Labute approximate surface area is 436 Å². The van der Waals surface area contributed by atoms with Crippen molar-refractivity contribution in [1.29, 1.82) is 0 Å². The first kappa shape index (κ1) is 42.1. The van der Waals surface area contributed by atoms with Crippen molar-refractivity contribution in [2.45, 2.75) is 25.9 Å². The molecule has 0 saturated heterocycles. The summed E-state index contributed by atoms with van der Waals surface area (Å²) in [5.74, 6) is 0.869. The lowest BCUT2D eigenvalue weighted by molar-refractivity contribution is 0.270. The monoisotopic (exact) mass is 962 g/mol. The van der Waals surface area contributed by atoms with E-state index in [0.717, 1.165) is 101 Å². The van der Waals surface area contributed by atoms with Crippen molar-refractivity contribution in [3.8, 4) is 16.9 Å². The maximum absolute atomic E-state index is 7.52. The van der Waals surface area contributed by atoms with Crippen LogP contribution in [0.3, 0.4) is 0 Å². The quantitative estimate of drug-likeness (QED) is 0.148. The zero-order valence-corrected chi connectivity index (χ0v) is 41.4. The van der Waals surface area contributed by atoms with Gasteiger partial charge < -0.3 is 28.8 Å². The molecule has 0 fully saturated rings. The Kier molecular flexibility index (Phi) is 8.99. The average molecular weight is 963 g/mol. The summed E-state index contributed by atoms with van der Waals surface area (Å²) in [6.07, 6.45) is 8.78. The van der Waals surface area contributed by atoms with E-state index in [1.807, 2.05) is 0 Å². The van der Waals surface area contributed by atoms with E-state index in [4.69, 9.17) is 9.15 Å². The lowest BCUT2D eigenvalue weighted by atomic mass is 9.31. The summed E-state index contributed by atoms with van der Waals surface area (Å²) >= 11 is 0. The van der Waals surface area contributed by atoms with Crippen LogP contribution in [0, 0.1) is 13.8 Å². The fourth-order valence-corrected chi connectivity index (χ4v) is 13.2. The van der Waals surface area contributed by atoms with Crippen LogP contribution in [0.1, 0.15) is 22.6 Å². The standard InChI is InChI=1S/C68H47BN4O2/c1-42-23-15-19-35-51(42)72-53-39-48(70(45-27-9-4-10-28-45)46-29-11-5-12-30-46)40-54-62(53)69-63-55(41-58-60(66(63)72)49-33-17-21-37-56(49)74-58)71(47-31-13-6-14-32-47)65-59(44-25-7-3-8-26-44)68-61(50-34-18-22-38-57(50)75-68)67(64(65)69)73(54)52-36-20-16-24-43(52)2/h3-41,50,57H,1-2H3. The Bertz CT molecular complexity index is 4190. The number of furan rings is 1. The number of ether oxygens (including phenoxy) is 1. The Morgan fingerprint density at radius 2 is 1.01 bits per heavy atom. The lowest BCUT2D eigenvalue weighted by Gasteiger charge is -2.51. The van der Waals surface area contributed by atoms with Gasteiger partial charge in [-0.15, -0.1) is 0 Å². The van der Waals surface area contributed by atoms with E-state index in [2.05, 4.69) is 270 Å². The van der Waals surface area contributed by atoms with Crippen LogP contribution >= 0.6 is 0 Å². The second kappa shape index (κ2) is 16.0. The largest absolute Gasteiger partial charge is 0.484 e. The number of anilines is 12. The third-order valence-electron chi connectivity index (χ3n) is 16.3. The molecule has 4 aliphatic heterocycles. The molecule has 75 heavy (non-hydrogen) atoms. The molecule has 1 aromatic heterocycles. The third kappa shape index (κ3) is 5.92. The van der Waals surface area contributed by atoms with E-state index in [-0.39, 0.29) is 18.7 Å². The van der Waals surface area contributed by atoms with E-state index >= 15 is 0 Å². The number of hydrogen-bond acceptors (Lipinski definition) is 6. The summed E-state index contributed by atoms with van der Waals surface area (Å²) < 4.78 is 14.7. The number of benzene rings is 10. The van der Waals surface area contributed by atoms with Gasteiger partial charge in [-0.1, -0.05) is 158 Å². The van der Waals surface area contributed by atoms with Gasteiger partial charge in [-0.25, -0.2) is 0 Å². The molecule has 0 saturated carbocycles. The van der Waals surface area contributed by atoms with E-state index < -0.39 is 0 Å². The van der Waals surface area contributed by atoms with Crippen molar-refractivity contribution < 1.29 is 9.15 Å². The van der Waals surface area contributed by atoms with Gasteiger partial charge in [0.15, 0.2) is 0 Å². The second-order valence-electron chi connectivity index (χ2n) is 20.4. The van der Waals surface area contributed by atoms with E-state index in [1.54, 1.807) is 0 Å². The molecule has 7 heteroatoms. The van der Waals surface area contributed by atoms with Gasteiger partial charge >= 0.3 is 0 Å². The molecule has 10 aromatic carbocycles. The Hall–Kier alpha value is -9.46. The highest BCUT2D eigenvalue weighted by Gasteiger charge is 2.55. The van der Waals surface area contributed by atoms with Gasteiger partial charge in [-0.05, 0) is 120 Å². The SMILES string of the molecule is Cc1ccccc1N1c2cc(N(c3ccccc3)c3ccccc3)cc3c2B2c4c(c(-c5ccccc5)c5c(c41)C1C=CC=CC1O5)N(c1ccccc1)c1cc4oc5ccccc5c4c(c12)N3c1ccccc1C. The van der Waals surface area contributed by atoms with Crippen molar-refractivity contribution >= 4 is 113 Å². The zero-order chi connectivity index (χ0) is 49.5. The zero-order valence-electron chi connectivity index (χ0n) is 41.4. The summed E-state index contributed by atoms with van der Waals surface area (Å²) in [5, 5.41) is 2.18. The van der Waals surface area contributed by atoms with Crippen LogP contribution in [-0.4, -0.2) is 12.8 Å². The van der Waals surface area contributed by atoms with Gasteiger partial charge in [0.2, 0.25) is 0 Å². The van der Waals surface area contributed by atoms with E-state index in [1.165, 1.54) is 38.8 Å². The molecule has 5 aliphatic rings. The molecule has 16 rings (SSSR count). The molecule has 0 amide bonds. The first-order valence-electron chi connectivity index (χ1n) is 26.0. The predicted molar refractivity (Wildman–Crippen MR) is 311 cm³/mol. The molecular weight excluding hydrogens is 916 g/mol. The molecule has 6 nitrogen and oxygen atoms in total. The second-order valence-corrected chi connectivity index (χ2v) is 20.4. The molecule has 11 aromatic rings. The van der Waals surface area contributed by atoms with Gasteiger partial charge in [0.1, 0.15) is 23.0 Å². The summed E-state index contributed by atoms with van der Waals surface area (Å²) in [7, 11) is 0. The minimum atomic E-state index is -0.227. The van der Waals surface area contributed by atoms with Crippen molar-refractivity contribution in [3.63, 3.8) is 0 Å². The summed E-state index contributed by atoms with van der Waals surface area (Å²) in [5.41, 5.74) is 24.4. The smallest absolute Gasteiger partial charge is 0.257 e. The first-order chi connectivity index (χ1) is 37.1. The molecule has 2 unspecified atom stereocenters. The van der Waals surface area contributed by atoms with Crippen LogP contribution in [0.4, 0.5) is 68.2 Å². The molecule has 1 aliphatic carbocycles. The fourth-order valence-electron chi connectivity index (χ4n) is 13.2. The summed E-state index contributed by atoms with van der Waals surface area (Å²) in [4.78, 5) is 10.2. The predicted octanol–water partition coefficient (Wildman–Crippen LogP) is 16.2. The minimum absolute atomic E-state index is 0.0491. The molecule has 2 atom stereocenters. The molecule has 354 valence electrons. The maximum Gasteiger partial charge on any atom is 0.257 e. The van der Waals surface area contributed by atoms with Crippen LogP contribution < -0.4 is 40.7 Å². The normalized spacial score (nSPS) is 16.0. The van der Waals surface area contributed by atoms with Crippen molar-refractivity contribution in [2.24, 2.45) is 0 Å². The topological polar surface area (TPSA) is 35.3 Å². The number of nitrogens with zero attached hydrogens (tertiary/aromatic N) is 4. The number of para-hydroxylation sites is 6. The fraction of sp³-hybridized carbons (Fsp3) is 0.0588. The van der Waals surface area contributed by atoms with E-state index in [9.17, 15) is 0 Å². The van der Waals surface area contributed by atoms with Crippen LogP contribution in [0.25, 0.3) is 33.1 Å². The Balaban J connectivity index is 1.17. The summed E-state index contributed by atoms with van der Waals surface area (Å²) in [6, 6.07) is 77.3. The van der Waals surface area contributed by atoms with Gasteiger partial charge in [-0.3, -0.25) is 0 Å². The highest BCUT2D eigenvalue weighted by molar-refractivity contribution is 7.03. The van der Waals surface area contributed by atoms with Gasteiger partial charge in [0.25, 0.3) is 6.71 Å². The minimum Gasteiger partial charge on any atom is -0.484 e. The highest BCUT2D eigenvalue weighted by Crippen LogP contribution is 2.62. The maximum atomic E-state index is 7.52. The van der Waals surface area contributed by atoms with Crippen LogP contribution in [0.2, 0.25) is 0 Å². The Morgan fingerprint density at radius 1 is 0.453 bits per heavy atom. The third-order valence-corrected chi connectivity index (χ3v) is 16.3. The van der Waals surface area contributed by atoms with Gasteiger partial charge in [0, 0.05) is 74.0 Å². The number of hydrogen-bond donors (Lipinski definition) is 0. The van der Waals surface area contributed by atoms with Crippen molar-refractivity contribution in [2.75, 3.05) is 19.6 Å². The molecule has 0 bridgehead atoms. The molecule has 0 radical (unpaired) electrons. The Morgan fingerprint density at radius 3 is 1.68 bits per heavy atom. The number of allylic oxidation sites excluding steroid dienone is 2. The number of fused-ring (bicyclic) bond motifs is 8. The molecule has 5 heterocycles. The molecular formula is C68H47BN4O2. The highest BCUT2D eigenvalue weighted by atomic mass is 16.5. The lowest BCUT2D eigenvalue weighted by Crippen LogP contribution is -2.65. The van der Waals surface area contributed by atoms with Crippen LogP contribution in [-0.2, 0) is 0 Å². The van der Waals surface area contributed by atoms with Crippen LogP contribution in [0.5, 0.6) is 5.75 Å². The first-order valence-corrected chi connectivity index (χ1v) is 26.0.